The van der Waals surface area contributed by atoms with Crippen LogP contribution < -0.4 is 5.32 Å². The Morgan fingerprint density at radius 3 is 2.81 bits per heavy atom. The highest BCUT2D eigenvalue weighted by Gasteiger charge is 2.32. The second-order valence-corrected chi connectivity index (χ2v) is 4.68. The van der Waals surface area contributed by atoms with Crippen LogP contribution in [0.5, 0.6) is 0 Å². The van der Waals surface area contributed by atoms with Crippen molar-refractivity contribution in [3.05, 3.63) is 17.0 Å². The molecule has 8 heteroatoms. The summed E-state index contributed by atoms with van der Waals surface area (Å²) in [5.41, 5.74) is 0.721. The van der Waals surface area contributed by atoms with Gasteiger partial charge in [-0.3, -0.25) is 9.69 Å². The Bertz CT molecular complexity index is 580. The maximum absolute atomic E-state index is 12.1. The molecular formula is C13H17N3O5. The highest BCUT2D eigenvalue weighted by Crippen LogP contribution is 2.16. The van der Waals surface area contributed by atoms with Crippen LogP contribution in [0, 0.1) is 6.92 Å². The van der Waals surface area contributed by atoms with Crippen LogP contribution >= 0.6 is 0 Å². The van der Waals surface area contributed by atoms with Crippen LogP contribution in [0.15, 0.2) is 4.52 Å². The number of ether oxygens (including phenoxy) is 1. The summed E-state index contributed by atoms with van der Waals surface area (Å²) in [4.78, 5) is 36.6. The molecule has 1 N–H and O–H groups in total. The molecule has 0 aromatic carbocycles. The molecular weight excluding hydrogens is 278 g/mol. The summed E-state index contributed by atoms with van der Waals surface area (Å²) < 4.78 is 10.1. The smallest absolute Gasteiger partial charge is 0.344 e. The summed E-state index contributed by atoms with van der Waals surface area (Å²) in [5, 5.41) is 6.28. The molecule has 1 saturated heterocycles. The van der Waals surface area contributed by atoms with E-state index in [0.717, 1.165) is 4.90 Å². The number of carbonyl (C=O) groups is 3. The number of hydrogen-bond acceptors (Lipinski definition) is 6. The Kier molecular flexibility index (Phi) is 4.25. The minimum Gasteiger partial charge on any atom is -0.449 e. The van der Waals surface area contributed by atoms with E-state index in [0.29, 0.717) is 24.4 Å². The number of urea groups is 1. The quantitative estimate of drug-likeness (QED) is 0.818. The van der Waals surface area contributed by atoms with E-state index in [1.807, 2.05) is 6.92 Å². The zero-order valence-electron chi connectivity index (χ0n) is 12.1. The van der Waals surface area contributed by atoms with Gasteiger partial charge in [0, 0.05) is 13.1 Å². The van der Waals surface area contributed by atoms with E-state index in [-0.39, 0.29) is 12.1 Å². The number of rotatable bonds is 4. The van der Waals surface area contributed by atoms with E-state index in [4.69, 9.17) is 9.26 Å². The molecule has 1 aliphatic rings. The maximum Gasteiger partial charge on any atom is 0.344 e. The van der Waals surface area contributed by atoms with Crippen LogP contribution in [0.3, 0.4) is 0 Å². The number of carbonyl (C=O) groups excluding carboxylic acids is 3. The third-order valence-electron chi connectivity index (χ3n) is 3.23. The lowest BCUT2D eigenvalue weighted by Gasteiger charge is -2.18. The standard InChI is InChI=1S/C13H17N3O5/c1-4-9-10(7(2)21-15-9)12(18)20-8(3)11(17)16-6-5-14-13(16)19/h8H,4-6H2,1-3H3,(H,14,19)/t8-/m0/s1. The lowest BCUT2D eigenvalue weighted by molar-refractivity contribution is -0.136. The molecule has 3 amide bonds. The highest BCUT2D eigenvalue weighted by molar-refractivity contribution is 5.99. The number of nitrogens with one attached hydrogen (secondary N) is 1. The fourth-order valence-electron chi connectivity index (χ4n) is 2.09. The van der Waals surface area contributed by atoms with Gasteiger partial charge >= 0.3 is 12.0 Å². The average molecular weight is 295 g/mol. The van der Waals surface area contributed by atoms with Crippen LogP contribution in [-0.2, 0) is 16.0 Å². The molecule has 1 fully saturated rings. The van der Waals surface area contributed by atoms with Gasteiger partial charge in [-0.1, -0.05) is 12.1 Å². The van der Waals surface area contributed by atoms with Gasteiger partial charge in [-0.05, 0) is 20.3 Å². The topological polar surface area (TPSA) is 102 Å². The molecule has 0 aliphatic carbocycles. The maximum atomic E-state index is 12.1. The molecule has 1 aromatic rings. The molecule has 0 bridgehead atoms. The largest absolute Gasteiger partial charge is 0.449 e. The van der Waals surface area contributed by atoms with E-state index in [9.17, 15) is 14.4 Å². The summed E-state index contributed by atoms with van der Waals surface area (Å²) in [6, 6.07) is -0.474. The Balaban J connectivity index is 2.06. The van der Waals surface area contributed by atoms with Crippen molar-refractivity contribution in [3.63, 3.8) is 0 Å². The van der Waals surface area contributed by atoms with Crippen LogP contribution in [0.4, 0.5) is 4.79 Å². The van der Waals surface area contributed by atoms with Gasteiger partial charge in [0.1, 0.15) is 11.3 Å². The van der Waals surface area contributed by atoms with Crippen molar-refractivity contribution >= 4 is 17.9 Å². The summed E-state index contributed by atoms with van der Waals surface area (Å²) in [7, 11) is 0. The van der Waals surface area contributed by atoms with Gasteiger partial charge in [-0.15, -0.1) is 0 Å². The molecule has 1 aromatic heterocycles. The van der Waals surface area contributed by atoms with Crippen molar-refractivity contribution in [2.75, 3.05) is 13.1 Å². The van der Waals surface area contributed by atoms with Crippen LogP contribution in [0.25, 0.3) is 0 Å². The third-order valence-corrected chi connectivity index (χ3v) is 3.23. The van der Waals surface area contributed by atoms with Crippen molar-refractivity contribution in [3.8, 4) is 0 Å². The van der Waals surface area contributed by atoms with Gasteiger partial charge in [0.15, 0.2) is 6.10 Å². The molecule has 2 rings (SSSR count). The predicted octanol–water partition coefficient (Wildman–Crippen LogP) is 0.643. The number of imide groups is 1. The molecule has 21 heavy (non-hydrogen) atoms. The first kappa shape index (κ1) is 15.0. The van der Waals surface area contributed by atoms with Gasteiger partial charge in [0.05, 0.1) is 5.69 Å². The van der Waals surface area contributed by atoms with E-state index < -0.39 is 24.0 Å². The molecule has 0 spiro atoms. The number of amides is 3. The number of esters is 1. The lowest BCUT2D eigenvalue weighted by atomic mass is 10.1. The second-order valence-electron chi connectivity index (χ2n) is 4.68. The molecule has 0 saturated carbocycles. The first-order valence-corrected chi connectivity index (χ1v) is 6.71. The average Bonchev–Trinajstić information content (AvgIpc) is 3.03. The fraction of sp³-hybridized carbons (Fsp3) is 0.538. The Morgan fingerprint density at radius 2 is 2.24 bits per heavy atom. The van der Waals surface area contributed by atoms with E-state index in [1.54, 1.807) is 6.92 Å². The van der Waals surface area contributed by atoms with Crippen LogP contribution in [0.1, 0.15) is 35.7 Å². The number of aryl methyl sites for hydroxylation is 2. The van der Waals surface area contributed by atoms with Gasteiger partial charge in [0.25, 0.3) is 5.91 Å². The first-order chi connectivity index (χ1) is 9.95. The highest BCUT2D eigenvalue weighted by atomic mass is 16.5. The third kappa shape index (κ3) is 2.88. The van der Waals surface area contributed by atoms with E-state index in [2.05, 4.69) is 10.5 Å². The zero-order valence-corrected chi connectivity index (χ0v) is 12.1. The van der Waals surface area contributed by atoms with E-state index >= 15 is 0 Å². The Labute approximate surface area is 121 Å². The zero-order chi connectivity index (χ0) is 15.6. The van der Waals surface area contributed by atoms with E-state index in [1.165, 1.54) is 6.92 Å². The van der Waals surface area contributed by atoms with Gasteiger partial charge in [0.2, 0.25) is 0 Å². The van der Waals surface area contributed by atoms with Crippen molar-refractivity contribution in [1.29, 1.82) is 0 Å². The van der Waals surface area contributed by atoms with Crippen LogP contribution in [0.2, 0.25) is 0 Å². The van der Waals surface area contributed by atoms with Crippen molar-refractivity contribution in [1.82, 2.24) is 15.4 Å². The minimum atomic E-state index is -1.06. The molecule has 0 unspecified atom stereocenters. The Morgan fingerprint density at radius 1 is 1.52 bits per heavy atom. The SMILES string of the molecule is CCc1noc(C)c1C(=O)O[C@@H](C)C(=O)N1CCNC1=O. The first-order valence-electron chi connectivity index (χ1n) is 6.71. The Hall–Kier alpha value is -2.38. The van der Waals surface area contributed by atoms with Gasteiger partial charge < -0.3 is 14.6 Å². The predicted molar refractivity (Wildman–Crippen MR) is 70.6 cm³/mol. The second kappa shape index (κ2) is 5.94. The van der Waals surface area contributed by atoms with Gasteiger partial charge in [-0.2, -0.15) is 0 Å². The molecule has 1 aliphatic heterocycles. The fourth-order valence-corrected chi connectivity index (χ4v) is 2.09. The van der Waals surface area contributed by atoms with Crippen molar-refractivity contribution in [2.45, 2.75) is 33.3 Å². The monoisotopic (exact) mass is 295 g/mol. The molecule has 1 atom stereocenters. The number of hydrogen-bond donors (Lipinski definition) is 1. The summed E-state index contributed by atoms with van der Waals surface area (Å²) in [5.74, 6) is -0.882. The van der Waals surface area contributed by atoms with Crippen LogP contribution in [-0.4, -0.2) is 47.2 Å². The summed E-state index contributed by atoms with van der Waals surface area (Å²) in [6.45, 7) is 5.53. The molecule has 8 nitrogen and oxygen atoms in total. The number of nitrogens with zero attached hydrogens (tertiary/aromatic N) is 2. The lowest BCUT2D eigenvalue weighted by Crippen LogP contribution is -2.41. The van der Waals surface area contributed by atoms with Crippen molar-refractivity contribution < 1.29 is 23.6 Å². The molecule has 2 heterocycles. The summed E-state index contributed by atoms with van der Waals surface area (Å²) in [6.07, 6.45) is -0.543. The minimum absolute atomic E-state index is 0.239. The van der Waals surface area contributed by atoms with Crippen molar-refractivity contribution in [2.24, 2.45) is 0 Å². The molecule has 114 valence electrons. The van der Waals surface area contributed by atoms with Gasteiger partial charge in [-0.25, -0.2) is 9.59 Å². The summed E-state index contributed by atoms with van der Waals surface area (Å²) >= 11 is 0. The molecule has 0 radical (unpaired) electrons. The normalized spacial score (nSPS) is 15.8. The number of aromatic nitrogens is 1.